The second-order valence-electron chi connectivity index (χ2n) is 5.37. The SMILES string of the molecule is CCn1ccc(NC(=O)C2CN(C)C(=O)c3ccccc32)n1. The number of amides is 2. The van der Waals surface area contributed by atoms with Crippen molar-refractivity contribution in [1.29, 1.82) is 0 Å². The lowest BCUT2D eigenvalue weighted by molar-refractivity contribution is -0.118. The van der Waals surface area contributed by atoms with E-state index in [1.54, 1.807) is 28.8 Å². The number of fused-ring (bicyclic) bond motifs is 1. The summed E-state index contributed by atoms with van der Waals surface area (Å²) in [6.45, 7) is 3.10. The van der Waals surface area contributed by atoms with Crippen LogP contribution in [-0.2, 0) is 11.3 Å². The van der Waals surface area contributed by atoms with Crippen molar-refractivity contribution in [2.45, 2.75) is 19.4 Å². The molecule has 2 heterocycles. The summed E-state index contributed by atoms with van der Waals surface area (Å²) in [6, 6.07) is 9.04. The molecule has 1 aliphatic heterocycles. The number of benzene rings is 1. The number of hydrogen-bond donors (Lipinski definition) is 1. The first-order chi connectivity index (χ1) is 10.6. The predicted octanol–water partition coefficient (Wildman–Crippen LogP) is 1.71. The summed E-state index contributed by atoms with van der Waals surface area (Å²) in [5.41, 5.74) is 1.37. The Balaban J connectivity index is 1.86. The Morgan fingerprint density at radius 1 is 1.36 bits per heavy atom. The summed E-state index contributed by atoms with van der Waals surface area (Å²) >= 11 is 0. The van der Waals surface area contributed by atoms with E-state index >= 15 is 0 Å². The van der Waals surface area contributed by atoms with Crippen LogP contribution in [0.3, 0.4) is 0 Å². The third-order valence-electron chi connectivity index (χ3n) is 3.90. The van der Waals surface area contributed by atoms with E-state index in [4.69, 9.17) is 0 Å². The summed E-state index contributed by atoms with van der Waals surface area (Å²) in [5.74, 6) is -0.0439. The van der Waals surface area contributed by atoms with Gasteiger partial charge in [0.15, 0.2) is 5.82 Å². The van der Waals surface area contributed by atoms with Crippen LogP contribution in [0.15, 0.2) is 36.5 Å². The van der Waals surface area contributed by atoms with Crippen molar-refractivity contribution in [3.63, 3.8) is 0 Å². The van der Waals surface area contributed by atoms with E-state index in [0.717, 1.165) is 12.1 Å². The van der Waals surface area contributed by atoms with Gasteiger partial charge in [0.2, 0.25) is 5.91 Å². The molecule has 22 heavy (non-hydrogen) atoms. The zero-order valence-electron chi connectivity index (χ0n) is 12.6. The first-order valence-electron chi connectivity index (χ1n) is 7.29. The molecule has 0 saturated heterocycles. The second kappa shape index (κ2) is 5.63. The molecule has 1 aromatic heterocycles. The highest BCUT2D eigenvalue weighted by atomic mass is 16.2. The number of nitrogens with one attached hydrogen (secondary N) is 1. The van der Waals surface area contributed by atoms with Crippen LogP contribution in [0.25, 0.3) is 0 Å². The fourth-order valence-corrected chi connectivity index (χ4v) is 2.70. The summed E-state index contributed by atoms with van der Waals surface area (Å²) in [5, 5.41) is 7.09. The number of nitrogens with zero attached hydrogens (tertiary/aromatic N) is 3. The summed E-state index contributed by atoms with van der Waals surface area (Å²) in [7, 11) is 1.71. The van der Waals surface area contributed by atoms with Crippen LogP contribution in [0.1, 0.15) is 28.8 Å². The van der Waals surface area contributed by atoms with Crippen LogP contribution in [-0.4, -0.2) is 40.1 Å². The minimum Gasteiger partial charge on any atom is -0.341 e. The summed E-state index contributed by atoms with van der Waals surface area (Å²) in [6.07, 6.45) is 1.82. The average molecular weight is 298 g/mol. The molecule has 1 atom stereocenters. The maximum atomic E-state index is 12.6. The quantitative estimate of drug-likeness (QED) is 0.938. The Kier molecular flexibility index (Phi) is 3.66. The van der Waals surface area contributed by atoms with E-state index in [1.807, 2.05) is 31.3 Å². The number of anilines is 1. The van der Waals surface area contributed by atoms with E-state index in [2.05, 4.69) is 10.4 Å². The van der Waals surface area contributed by atoms with Crippen LogP contribution in [0.5, 0.6) is 0 Å². The van der Waals surface area contributed by atoms with Crippen LogP contribution in [0.4, 0.5) is 5.82 Å². The van der Waals surface area contributed by atoms with Crippen molar-refractivity contribution in [3.05, 3.63) is 47.7 Å². The molecule has 0 fully saturated rings. The molecule has 6 heteroatoms. The van der Waals surface area contributed by atoms with Gasteiger partial charge in [0, 0.05) is 38.0 Å². The number of hydrogen-bond acceptors (Lipinski definition) is 3. The van der Waals surface area contributed by atoms with Gasteiger partial charge in [-0.25, -0.2) is 0 Å². The standard InChI is InChI=1S/C16H18N4O2/c1-3-20-9-8-14(18-20)17-15(21)13-10-19(2)16(22)12-7-5-4-6-11(12)13/h4-9,13H,3,10H2,1-2H3,(H,17,18,21). The number of aryl methyl sites for hydroxylation is 1. The molecule has 6 nitrogen and oxygen atoms in total. The molecule has 0 radical (unpaired) electrons. The normalized spacial score (nSPS) is 17.3. The fourth-order valence-electron chi connectivity index (χ4n) is 2.70. The maximum Gasteiger partial charge on any atom is 0.253 e. The van der Waals surface area contributed by atoms with Gasteiger partial charge in [-0.3, -0.25) is 14.3 Å². The zero-order chi connectivity index (χ0) is 15.7. The number of rotatable bonds is 3. The number of aromatic nitrogens is 2. The Morgan fingerprint density at radius 2 is 2.14 bits per heavy atom. The molecule has 1 aliphatic rings. The molecule has 0 saturated carbocycles. The molecule has 1 N–H and O–H groups in total. The van der Waals surface area contributed by atoms with Crippen LogP contribution in [0, 0.1) is 0 Å². The van der Waals surface area contributed by atoms with E-state index < -0.39 is 0 Å². The van der Waals surface area contributed by atoms with Gasteiger partial charge in [0.25, 0.3) is 5.91 Å². The predicted molar refractivity (Wildman–Crippen MR) is 82.7 cm³/mol. The smallest absolute Gasteiger partial charge is 0.253 e. The van der Waals surface area contributed by atoms with Gasteiger partial charge in [-0.2, -0.15) is 5.10 Å². The fraction of sp³-hybridized carbons (Fsp3) is 0.312. The van der Waals surface area contributed by atoms with Gasteiger partial charge in [-0.1, -0.05) is 18.2 Å². The lowest BCUT2D eigenvalue weighted by Gasteiger charge is -2.30. The van der Waals surface area contributed by atoms with Crippen molar-refractivity contribution < 1.29 is 9.59 Å². The largest absolute Gasteiger partial charge is 0.341 e. The van der Waals surface area contributed by atoms with Crippen LogP contribution < -0.4 is 5.32 Å². The average Bonchev–Trinajstić information content (AvgIpc) is 2.98. The van der Waals surface area contributed by atoms with Crippen LogP contribution in [0.2, 0.25) is 0 Å². The second-order valence-corrected chi connectivity index (χ2v) is 5.37. The maximum absolute atomic E-state index is 12.6. The third-order valence-corrected chi connectivity index (χ3v) is 3.90. The summed E-state index contributed by atoms with van der Waals surface area (Å²) in [4.78, 5) is 26.3. The molecular weight excluding hydrogens is 280 g/mol. The van der Waals surface area contributed by atoms with Crippen molar-refractivity contribution in [2.24, 2.45) is 0 Å². The number of likely N-dealkylation sites (N-methyl/N-ethyl adjacent to an activating group) is 1. The molecule has 3 rings (SSSR count). The zero-order valence-corrected chi connectivity index (χ0v) is 12.6. The number of carbonyl (C=O) groups excluding carboxylic acids is 2. The highest BCUT2D eigenvalue weighted by Gasteiger charge is 2.33. The molecule has 1 unspecified atom stereocenters. The third kappa shape index (κ3) is 2.47. The van der Waals surface area contributed by atoms with Crippen molar-refractivity contribution in [1.82, 2.24) is 14.7 Å². The van der Waals surface area contributed by atoms with E-state index in [1.165, 1.54) is 0 Å². The summed E-state index contributed by atoms with van der Waals surface area (Å²) < 4.78 is 1.75. The lowest BCUT2D eigenvalue weighted by atomic mass is 9.89. The minimum atomic E-state index is -0.384. The molecule has 2 amide bonds. The first kappa shape index (κ1) is 14.3. The highest BCUT2D eigenvalue weighted by Crippen LogP contribution is 2.28. The Bertz CT molecular complexity index is 722. The lowest BCUT2D eigenvalue weighted by Crippen LogP contribution is -2.41. The number of carbonyl (C=O) groups is 2. The molecule has 1 aromatic carbocycles. The molecular formula is C16H18N4O2. The Labute approximate surface area is 128 Å². The monoisotopic (exact) mass is 298 g/mol. The van der Waals surface area contributed by atoms with Gasteiger partial charge < -0.3 is 10.2 Å². The molecule has 2 aromatic rings. The molecule has 114 valence electrons. The van der Waals surface area contributed by atoms with Gasteiger partial charge in [0.1, 0.15) is 0 Å². The van der Waals surface area contributed by atoms with E-state index in [9.17, 15) is 9.59 Å². The topological polar surface area (TPSA) is 67.2 Å². The van der Waals surface area contributed by atoms with Crippen molar-refractivity contribution in [2.75, 3.05) is 18.9 Å². The van der Waals surface area contributed by atoms with Crippen LogP contribution >= 0.6 is 0 Å². The minimum absolute atomic E-state index is 0.0464. The van der Waals surface area contributed by atoms with Gasteiger partial charge in [-0.05, 0) is 18.6 Å². The van der Waals surface area contributed by atoms with E-state index in [-0.39, 0.29) is 17.7 Å². The first-order valence-corrected chi connectivity index (χ1v) is 7.29. The molecule has 0 spiro atoms. The van der Waals surface area contributed by atoms with Gasteiger partial charge in [0.05, 0.1) is 5.92 Å². The molecule has 0 aliphatic carbocycles. The highest BCUT2D eigenvalue weighted by molar-refractivity contribution is 6.03. The Morgan fingerprint density at radius 3 is 2.86 bits per heavy atom. The Hall–Kier alpha value is -2.63. The van der Waals surface area contributed by atoms with Crippen molar-refractivity contribution in [3.8, 4) is 0 Å². The molecule has 0 bridgehead atoms. The van der Waals surface area contributed by atoms with Crippen molar-refractivity contribution >= 4 is 17.6 Å². The van der Waals surface area contributed by atoms with Gasteiger partial charge >= 0.3 is 0 Å². The van der Waals surface area contributed by atoms with Gasteiger partial charge in [-0.15, -0.1) is 0 Å². The van der Waals surface area contributed by atoms with E-state index in [0.29, 0.717) is 17.9 Å².